The summed E-state index contributed by atoms with van der Waals surface area (Å²) >= 11 is 0. The van der Waals surface area contributed by atoms with E-state index in [1.165, 1.54) is 0 Å². The number of urea groups is 1. The number of likely N-dealkylation sites (N-methyl/N-ethyl adjacent to an activating group) is 1. The van der Waals surface area contributed by atoms with Crippen molar-refractivity contribution >= 4 is 6.03 Å². The van der Waals surface area contributed by atoms with Gasteiger partial charge < -0.3 is 19.8 Å². The van der Waals surface area contributed by atoms with Crippen LogP contribution in [0.4, 0.5) is 4.79 Å². The fourth-order valence-electron chi connectivity index (χ4n) is 3.06. The molecule has 1 aliphatic rings. The van der Waals surface area contributed by atoms with Gasteiger partial charge in [-0.05, 0) is 40.1 Å². The summed E-state index contributed by atoms with van der Waals surface area (Å²) < 4.78 is 11.1. The number of morpholine rings is 1. The largest absolute Gasteiger partial charge is 0.468 e. The number of rotatable bonds is 7. The lowest BCUT2D eigenvalue weighted by atomic mass is 10.2. The van der Waals surface area contributed by atoms with Gasteiger partial charge in [0.25, 0.3) is 0 Å². The summed E-state index contributed by atoms with van der Waals surface area (Å²) in [5.74, 6) is 0.844. The molecule has 2 rings (SSSR count). The highest BCUT2D eigenvalue weighted by Gasteiger charge is 2.22. The molecule has 0 saturated carbocycles. The van der Waals surface area contributed by atoms with E-state index >= 15 is 0 Å². The quantitative estimate of drug-likeness (QED) is 0.784. The van der Waals surface area contributed by atoms with E-state index in [0.717, 1.165) is 25.4 Å². The molecule has 24 heavy (non-hydrogen) atoms. The Bertz CT molecular complexity index is 482. The highest BCUT2D eigenvalue weighted by atomic mass is 16.5. The standard InChI is InChI=1S/C17H30N4O3/c1-13-11-21(12-14(2)24-13)8-7-18-17(22)19-10-15(20(3)4)16-6-5-9-23-16/h5-6,9,13-15H,7-8,10-12H2,1-4H3,(H2,18,19,22)/t13-,14+,15-/m0/s1. The third-order valence-electron chi connectivity index (χ3n) is 4.16. The van der Waals surface area contributed by atoms with Crippen LogP contribution in [0.1, 0.15) is 25.6 Å². The molecule has 0 radical (unpaired) electrons. The van der Waals surface area contributed by atoms with Gasteiger partial charge in [0.05, 0.1) is 24.5 Å². The van der Waals surface area contributed by atoms with Crippen molar-refractivity contribution in [2.24, 2.45) is 0 Å². The number of furan rings is 1. The molecule has 2 N–H and O–H groups in total. The van der Waals surface area contributed by atoms with Gasteiger partial charge in [0.2, 0.25) is 0 Å². The molecule has 1 aliphatic heterocycles. The summed E-state index contributed by atoms with van der Waals surface area (Å²) in [4.78, 5) is 16.3. The minimum absolute atomic E-state index is 0.0201. The summed E-state index contributed by atoms with van der Waals surface area (Å²) in [6.07, 6.45) is 2.14. The van der Waals surface area contributed by atoms with Crippen molar-refractivity contribution < 1.29 is 13.9 Å². The molecule has 0 spiro atoms. The van der Waals surface area contributed by atoms with Gasteiger partial charge in [0, 0.05) is 32.7 Å². The molecule has 2 amide bonds. The van der Waals surface area contributed by atoms with Crippen LogP contribution in [0.3, 0.4) is 0 Å². The highest BCUT2D eigenvalue weighted by molar-refractivity contribution is 5.73. The highest BCUT2D eigenvalue weighted by Crippen LogP contribution is 2.17. The third kappa shape index (κ3) is 5.81. The number of nitrogens with zero attached hydrogens (tertiary/aromatic N) is 2. The van der Waals surface area contributed by atoms with E-state index < -0.39 is 0 Å². The van der Waals surface area contributed by atoms with Crippen molar-refractivity contribution in [2.75, 3.05) is 46.8 Å². The average Bonchev–Trinajstić information content (AvgIpc) is 3.00. The molecule has 1 saturated heterocycles. The van der Waals surface area contributed by atoms with Crippen LogP contribution in [0.25, 0.3) is 0 Å². The summed E-state index contributed by atoms with van der Waals surface area (Å²) in [6.45, 7) is 7.94. The van der Waals surface area contributed by atoms with Crippen LogP contribution in [0.5, 0.6) is 0 Å². The molecule has 0 bridgehead atoms. The van der Waals surface area contributed by atoms with Crippen molar-refractivity contribution in [3.8, 4) is 0 Å². The Morgan fingerprint density at radius 3 is 2.62 bits per heavy atom. The smallest absolute Gasteiger partial charge is 0.314 e. The summed E-state index contributed by atoms with van der Waals surface area (Å²) in [6, 6.07) is 3.65. The average molecular weight is 338 g/mol. The molecular weight excluding hydrogens is 308 g/mol. The zero-order valence-corrected chi connectivity index (χ0v) is 15.1. The predicted molar refractivity (Wildman–Crippen MR) is 93.0 cm³/mol. The molecular formula is C17H30N4O3. The van der Waals surface area contributed by atoms with Gasteiger partial charge in [-0.3, -0.25) is 9.80 Å². The van der Waals surface area contributed by atoms with Gasteiger partial charge in [0.1, 0.15) is 5.76 Å². The van der Waals surface area contributed by atoms with Crippen LogP contribution >= 0.6 is 0 Å². The number of ether oxygens (including phenoxy) is 1. The molecule has 0 unspecified atom stereocenters. The molecule has 1 fully saturated rings. The van der Waals surface area contributed by atoms with Crippen LogP contribution < -0.4 is 10.6 Å². The molecule has 0 aromatic carbocycles. The second kappa shape index (κ2) is 9.05. The van der Waals surface area contributed by atoms with E-state index in [1.54, 1.807) is 6.26 Å². The van der Waals surface area contributed by atoms with Crippen LogP contribution in [0.15, 0.2) is 22.8 Å². The van der Waals surface area contributed by atoms with E-state index in [9.17, 15) is 4.79 Å². The SMILES string of the molecule is C[C@@H]1CN(CCNC(=O)NC[C@@H](c2ccco2)N(C)C)C[C@H](C)O1. The van der Waals surface area contributed by atoms with E-state index in [2.05, 4.69) is 29.4 Å². The summed E-state index contributed by atoms with van der Waals surface area (Å²) in [5, 5.41) is 5.83. The minimum Gasteiger partial charge on any atom is -0.468 e. The molecule has 0 aliphatic carbocycles. The fourth-order valence-corrected chi connectivity index (χ4v) is 3.06. The van der Waals surface area contributed by atoms with Crippen LogP contribution in [0, 0.1) is 0 Å². The lowest BCUT2D eigenvalue weighted by Gasteiger charge is -2.35. The molecule has 1 aromatic heterocycles. The third-order valence-corrected chi connectivity index (χ3v) is 4.16. The van der Waals surface area contributed by atoms with Gasteiger partial charge in [-0.15, -0.1) is 0 Å². The molecule has 1 aromatic rings. The van der Waals surface area contributed by atoms with E-state index in [0.29, 0.717) is 13.1 Å². The van der Waals surface area contributed by atoms with Crippen molar-refractivity contribution in [1.29, 1.82) is 0 Å². The first-order valence-corrected chi connectivity index (χ1v) is 8.55. The van der Waals surface area contributed by atoms with Gasteiger partial charge >= 0.3 is 6.03 Å². The van der Waals surface area contributed by atoms with Crippen LogP contribution in [-0.2, 0) is 4.74 Å². The van der Waals surface area contributed by atoms with Gasteiger partial charge in [0.15, 0.2) is 0 Å². The topological polar surface area (TPSA) is 70.0 Å². The number of hydrogen-bond acceptors (Lipinski definition) is 5. The first-order chi connectivity index (χ1) is 11.5. The minimum atomic E-state index is -0.150. The molecule has 2 heterocycles. The Labute approximate surface area is 144 Å². The molecule has 3 atom stereocenters. The zero-order valence-electron chi connectivity index (χ0n) is 15.1. The molecule has 7 nitrogen and oxygen atoms in total. The van der Waals surface area contributed by atoms with Gasteiger partial charge in [-0.1, -0.05) is 0 Å². The first-order valence-electron chi connectivity index (χ1n) is 8.55. The lowest BCUT2D eigenvalue weighted by molar-refractivity contribution is -0.0672. The van der Waals surface area contributed by atoms with E-state index in [1.807, 2.05) is 31.1 Å². The molecule has 7 heteroatoms. The van der Waals surface area contributed by atoms with E-state index in [-0.39, 0.29) is 24.3 Å². The maximum atomic E-state index is 12.0. The van der Waals surface area contributed by atoms with Crippen molar-refractivity contribution in [3.05, 3.63) is 24.2 Å². The van der Waals surface area contributed by atoms with Gasteiger partial charge in [-0.25, -0.2) is 4.79 Å². The second-order valence-electron chi connectivity index (χ2n) is 6.65. The summed E-state index contributed by atoms with van der Waals surface area (Å²) in [7, 11) is 3.93. The number of amides is 2. The van der Waals surface area contributed by atoms with Gasteiger partial charge in [-0.2, -0.15) is 0 Å². The van der Waals surface area contributed by atoms with Crippen LogP contribution in [0.2, 0.25) is 0 Å². The Morgan fingerprint density at radius 2 is 2.04 bits per heavy atom. The predicted octanol–water partition coefficient (Wildman–Crippen LogP) is 1.29. The number of carbonyl (C=O) groups is 1. The van der Waals surface area contributed by atoms with Crippen LogP contribution in [-0.4, -0.2) is 74.9 Å². The number of nitrogens with one attached hydrogen (secondary N) is 2. The summed E-state index contributed by atoms with van der Waals surface area (Å²) in [5.41, 5.74) is 0. The lowest BCUT2D eigenvalue weighted by Crippen LogP contribution is -2.49. The Morgan fingerprint density at radius 1 is 1.33 bits per heavy atom. The Hall–Kier alpha value is -1.57. The Balaban J connectivity index is 1.67. The maximum absolute atomic E-state index is 12.0. The number of carbonyl (C=O) groups excluding carboxylic acids is 1. The van der Waals surface area contributed by atoms with Crippen molar-refractivity contribution in [2.45, 2.75) is 32.1 Å². The first kappa shape index (κ1) is 18.8. The normalized spacial score (nSPS) is 23.2. The maximum Gasteiger partial charge on any atom is 0.314 e. The van der Waals surface area contributed by atoms with Crippen molar-refractivity contribution in [1.82, 2.24) is 20.4 Å². The molecule has 136 valence electrons. The Kier molecular flexibility index (Phi) is 7.08. The number of hydrogen-bond donors (Lipinski definition) is 2. The second-order valence-corrected chi connectivity index (χ2v) is 6.65. The monoisotopic (exact) mass is 338 g/mol. The fraction of sp³-hybridized carbons (Fsp3) is 0.706. The zero-order chi connectivity index (χ0) is 17.5. The van der Waals surface area contributed by atoms with Crippen molar-refractivity contribution in [3.63, 3.8) is 0 Å². The van der Waals surface area contributed by atoms with E-state index in [4.69, 9.17) is 9.15 Å².